The summed E-state index contributed by atoms with van der Waals surface area (Å²) in [5, 5.41) is 7.34. The summed E-state index contributed by atoms with van der Waals surface area (Å²) < 4.78 is 40.1. The summed E-state index contributed by atoms with van der Waals surface area (Å²) in [7, 11) is 0. The highest BCUT2D eigenvalue weighted by Gasteiger charge is 2.30. The molecule has 11 heteroatoms. The summed E-state index contributed by atoms with van der Waals surface area (Å²) in [5.74, 6) is -0.541. The SMILES string of the molecule is O=C(Nc1ccc(OC(F)(F)F)cc1)c1csc(Nc2ncccn2)n1. The molecular formula is C15H10F3N5O2S. The van der Waals surface area contributed by atoms with E-state index in [1.165, 1.54) is 28.8 Å². The van der Waals surface area contributed by atoms with Crippen LogP contribution in [0.2, 0.25) is 0 Å². The summed E-state index contributed by atoms with van der Waals surface area (Å²) in [6.07, 6.45) is -1.65. The van der Waals surface area contributed by atoms with E-state index in [1.807, 2.05) is 0 Å². The molecule has 0 saturated heterocycles. The van der Waals surface area contributed by atoms with Crippen molar-refractivity contribution in [2.24, 2.45) is 0 Å². The fraction of sp³-hybridized carbons (Fsp3) is 0.0667. The molecule has 0 unspecified atom stereocenters. The number of ether oxygens (including phenoxy) is 1. The number of halogens is 3. The van der Waals surface area contributed by atoms with Gasteiger partial charge in [0, 0.05) is 23.5 Å². The lowest BCUT2D eigenvalue weighted by Gasteiger charge is -2.09. The van der Waals surface area contributed by atoms with Gasteiger partial charge in [-0.15, -0.1) is 24.5 Å². The van der Waals surface area contributed by atoms with E-state index in [2.05, 4.69) is 30.3 Å². The molecule has 2 aromatic heterocycles. The van der Waals surface area contributed by atoms with Crippen LogP contribution in [0.4, 0.5) is 29.9 Å². The molecule has 3 rings (SSSR count). The molecule has 0 radical (unpaired) electrons. The predicted molar refractivity (Wildman–Crippen MR) is 88.5 cm³/mol. The summed E-state index contributed by atoms with van der Waals surface area (Å²) in [6, 6.07) is 6.45. The van der Waals surface area contributed by atoms with E-state index in [4.69, 9.17) is 0 Å². The van der Waals surface area contributed by atoms with E-state index >= 15 is 0 Å². The Kier molecular flexibility index (Phi) is 4.98. The normalized spacial score (nSPS) is 11.0. The fourth-order valence-corrected chi connectivity index (χ4v) is 2.51. The van der Waals surface area contributed by atoms with Crippen LogP contribution in [0.5, 0.6) is 5.75 Å². The third-order valence-corrected chi connectivity index (χ3v) is 3.62. The molecule has 0 fully saturated rings. The largest absolute Gasteiger partial charge is 0.573 e. The van der Waals surface area contributed by atoms with Crippen molar-refractivity contribution in [3.63, 3.8) is 0 Å². The van der Waals surface area contributed by atoms with Gasteiger partial charge in [0.05, 0.1) is 0 Å². The topological polar surface area (TPSA) is 89.0 Å². The first-order chi connectivity index (χ1) is 12.4. The standard InChI is InChI=1S/C15H10F3N5O2S/c16-15(17,18)25-10-4-2-9(3-5-10)21-12(24)11-8-26-14(22-11)23-13-19-6-1-7-20-13/h1-8H,(H,21,24)(H,19,20,22,23). The molecule has 0 atom stereocenters. The highest BCUT2D eigenvalue weighted by Crippen LogP contribution is 2.24. The number of nitrogens with one attached hydrogen (secondary N) is 2. The summed E-state index contributed by atoms with van der Waals surface area (Å²) in [6.45, 7) is 0. The zero-order chi connectivity index (χ0) is 18.6. The second-order valence-electron chi connectivity index (χ2n) is 4.76. The third kappa shape index (κ3) is 4.89. The summed E-state index contributed by atoms with van der Waals surface area (Å²) in [5.41, 5.74) is 0.447. The van der Waals surface area contributed by atoms with Gasteiger partial charge in [-0.2, -0.15) is 0 Å². The van der Waals surface area contributed by atoms with E-state index in [0.717, 1.165) is 12.1 Å². The third-order valence-electron chi connectivity index (χ3n) is 2.87. The van der Waals surface area contributed by atoms with Gasteiger partial charge in [0.15, 0.2) is 5.13 Å². The van der Waals surface area contributed by atoms with Crippen LogP contribution in [0, 0.1) is 0 Å². The van der Waals surface area contributed by atoms with Crippen molar-refractivity contribution in [2.75, 3.05) is 10.6 Å². The van der Waals surface area contributed by atoms with Gasteiger partial charge < -0.3 is 15.4 Å². The van der Waals surface area contributed by atoms with Crippen LogP contribution in [-0.4, -0.2) is 27.2 Å². The van der Waals surface area contributed by atoms with Crippen LogP contribution in [0.1, 0.15) is 10.5 Å². The zero-order valence-corrected chi connectivity index (χ0v) is 13.6. The number of benzene rings is 1. The highest BCUT2D eigenvalue weighted by molar-refractivity contribution is 7.14. The molecule has 134 valence electrons. The molecule has 0 bridgehead atoms. The first kappa shape index (κ1) is 17.6. The maximum absolute atomic E-state index is 12.2. The van der Waals surface area contributed by atoms with Crippen molar-refractivity contribution in [1.29, 1.82) is 0 Å². The van der Waals surface area contributed by atoms with Crippen molar-refractivity contribution in [3.8, 4) is 5.75 Å². The van der Waals surface area contributed by atoms with Crippen LogP contribution in [-0.2, 0) is 0 Å². The molecule has 0 aliphatic heterocycles. The van der Waals surface area contributed by atoms with Gasteiger partial charge in [-0.1, -0.05) is 0 Å². The predicted octanol–water partition coefficient (Wildman–Crippen LogP) is 3.83. The average Bonchev–Trinajstić information content (AvgIpc) is 3.05. The van der Waals surface area contributed by atoms with Gasteiger partial charge in [0.2, 0.25) is 5.95 Å². The summed E-state index contributed by atoms with van der Waals surface area (Å²) >= 11 is 1.18. The van der Waals surface area contributed by atoms with E-state index in [0.29, 0.717) is 16.8 Å². The lowest BCUT2D eigenvalue weighted by atomic mass is 10.3. The minimum atomic E-state index is -4.77. The maximum atomic E-state index is 12.2. The van der Waals surface area contributed by atoms with Gasteiger partial charge in [-0.3, -0.25) is 4.79 Å². The van der Waals surface area contributed by atoms with Crippen LogP contribution < -0.4 is 15.4 Å². The van der Waals surface area contributed by atoms with Gasteiger partial charge >= 0.3 is 6.36 Å². The van der Waals surface area contributed by atoms with Crippen LogP contribution in [0.3, 0.4) is 0 Å². The number of hydrogen-bond acceptors (Lipinski definition) is 7. The first-order valence-electron chi connectivity index (χ1n) is 7.06. The lowest BCUT2D eigenvalue weighted by Crippen LogP contribution is -2.17. The van der Waals surface area contributed by atoms with Crippen LogP contribution in [0.25, 0.3) is 0 Å². The van der Waals surface area contributed by atoms with E-state index in [9.17, 15) is 18.0 Å². The first-order valence-corrected chi connectivity index (χ1v) is 7.94. The molecular weight excluding hydrogens is 371 g/mol. The number of thiazole rings is 1. The van der Waals surface area contributed by atoms with Gasteiger partial charge in [-0.25, -0.2) is 15.0 Å². The molecule has 2 heterocycles. The number of aromatic nitrogens is 3. The molecule has 2 N–H and O–H groups in total. The fourth-order valence-electron chi connectivity index (χ4n) is 1.83. The molecule has 26 heavy (non-hydrogen) atoms. The Morgan fingerprint density at radius 2 is 1.81 bits per heavy atom. The van der Waals surface area contributed by atoms with E-state index in [-0.39, 0.29) is 11.4 Å². The van der Waals surface area contributed by atoms with Crippen molar-refractivity contribution < 1.29 is 22.7 Å². The van der Waals surface area contributed by atoms with Crippen molar-refractivity contribution in [1.82, 2.24) is 15.0 Å². The number of carbonyl (C=O) groups excluding carboxylic acids is 1. The Morgan fingerprint density at radius 3 is 2.46 bits per heavy atom. The van der Waals surface area contributed by atoms with Crippen LogP contribution in [0.15, 0.2) is 48.1 Å². The second kappa shape index (κ2) is 7.35. The minimum absolute atomic E-state index is 0.143. The van der Waals surface area contributed by atoms with Crippen LogP contribution >= 0.6 is 11.3 Å². The molecule has 0 saturated carbocycles. The quantitative estimate of drug-likeness (QED) is 0.698. The van der Waals surface area contributed by atoms with E-state index < -0.39 is 12.3 Å². The molecule has 1 aromatic carbocycles. The maximum Gasteiger partial charge on any atom is 0.573 e. The monoisotopic (exact) mass is 381 g/mol. The Morgan fingerprint density at radius 1 is 1.12 bits per heavy atom. The Balaban J connectivity index is 1.61. The molecule has 1 amide bonds. The smallest absolute Gasteiger partial charge is 0.406 e. The minimum Gasteiger partial charge on any atom is -0.406 e. The zero-order valence-electron chi connectivity index (χ0n) is 12.8. The van der Waals surface area contributed by atoms with E-state index in [1.54, 1.807) is 18.5 Å². The number of rotatable bonds is 5. The molecule has 0 spiro atoms. The average molecular weight is 381 g/mol. The number of nitrogens with zero attached hydrogens (tertiary/aromatic N) is 3. The van der Waals surface area contributed by atoms with Gasteiger partial charge in [0.25, 0.3) is 5.91 Å². The second-order valence-corrected chi connectivity index (χ2v) is 5.62. The Labute approximate surface area is 148 Å². The number of alkyl halides is 3. The molecule has 0 aliphatic rings. The number of hydrogen-bond donors (Lipinski definition) is 2. The van der Waals surface area contributed by atoms with Crippen molar-refractivity contribution in [2.45, 2.75) is 6.36 Å². The highest BCUT2D eigenvalue weighted by atomic mass is 32.1. The number of anilines is 3. The Hall–Kier alpha value is -3.21. The van der Waals surface area contributed by atoms with Gasteiger partial charge in [0.1, 0.15) is 11.4 Å². The van der Waals surface area contributed by atoms with Crippen molar-refractivity contribution in [3.05, 3.63) is 53.8 Å². The lowest BCUT2D eigenvalue weighted by molar-refractivity contribution is -0.274. The van der Waals surface area contributed by atoms with Gasteiger partial charge in [-0.05, 0) is 30.3 Å². The summed E-state index contributed by atoms with van der Waals surface area (Å²) in [4.78, 5) is 24.2. The number of amides is 1. The van der Waals surface area contributed by atoms with Crippen molar-refractivity contribution >= 4 is 34.0 Å². The molecule has 7 nitrogen and oxygen atoms in total. The molecule has 3 aromatic rings. The Bertz CT molecular complexity index is 884. The molecule has 0 aliphatic carbocycles. The number of carbonyl (C=O) groups is 1.